The number of nitrogens with zero attached hydrogens (tertiary/aromatic N) is 3. The van der Waals surface area contributed by atoms with Crippen molar-refractivity contribution >= 4 is 5.82 Å². The quantitative estimate of drug-likeness (QED) is 0.917. The van der Waals surface area contributed by atoms with Gasteiger partial charge in [0.05, 0.1) is 0 Å². The number of anilines is 1. The molecule has 0 spiro atoms. The van der Waals surface area contributed by atoms with Crippen LogP contribution in [0.5, 0.6) is 0 Å². The zero-order valence-electron chi connectivity index (χ0n) is 11.4. The molecule has 0 radical (unpaired) electrons. The second kappa shape index (κ2) is 4.81. The predicted octanol–water partition coefficient (Wildman–Crippen LogP) is 3.50. The van der Waals surface area contributed by atoms with Crippen molar-refractivity contribution in [2.24, 2.45) is 0 Å². The summed E-state index contributed by atoms with van der Waals surface area (Å²) in [5.41, 5.74) is -1.12. The van der Waals surface area contributed by atoms with E-state index in [0.29, 0.717) is 11.6 Å². The van der Waals surface area contributed by atoms with Crippen molar-refractivity contribution in [3.8, 4) is 5.82 Å². The maximum atomic E-state index is 12.5. The smallest absolute Gasteiger partial charge is 0.365 e. The lowest BCUT2D eigenvalue weighted by Gasteiger charge is -2.21. The van der Waals surface area contributed by atoms with Gasteiger partial charge in [0.25, 0.3) is 0 Å². The number of aromatic nitrogens is 3. The highest BCUT2D eigenvalue weighted by Crippen LogP contribution is 2.27. The summed E-state index contributed by atoms with van der Waals surface area (Å²) >= 11 is 0. The molecular formula is C13H15F3N4. The Balaban J connectivity index is 2.29. The topological polar surface area (TPSA) is 42.7 Å². The van der Waals surface area contributed by atoms with Crippen molar-refractivity contribution in [1.82, 2.24) is 14.8 Å². The van der Waals surface area contributed by atoms with Gasteiger partial charge in [-0.1, -0.05) is 6.07 Å². The summed E-state index contributed by atoms with van der Waals surface area (Å²) in [6.45, 7) is 5.91. The molecule has 0 unspecified atom stereocenters. The van der Waals surface area contributed by atoms with Gasteiger partial charge in [0.15, 0.2) is 11.5 Å². The third-order valence-corrected chi connectivity index (χ3v) is 2.35. The van der Waals surface area contributed by atoms with Gasteiger partial charge < -0.3 is 5.32 Å². The number of alkyl halides is 3. The van der Waals surface area contributed by atoms with Gasteiger partial charge >= 0.3 is 6.18 Å². The zero-order chi connectivity index (χ0) is 15.0. The van der Waals surface area contributed by atoms with Gasteiger partial charge in [-0.3, -0.25) is 0 Å². The first-order chi connectivity index (χ1) is 9.15. The molecule has 0 saturated heterocycles. The molecule has 2 aromatic rings. The van der Waals surface area contributed by atoms with Gasteiger partial charge in [-0.15, -0.1) is 0 Å². The van der Waals surface area contributed by atoms with Crippen LogP contribution in [0.15, 0.2) is 30.5 Å². The van der Waals surface area contributed by atoms with Gasteiger partial charge in [0.1, 0.15) is 5.82 Å². The largest absolute Gasteiger partial charge is 0.435 e. The number of halogens is 3. The summed E-state index contributed by atoms with van der Waals surface area (Å²) in [6.07, 6.45) is -3.21. The van der Waals surface area contributed by atoms with Crippen LogP contribution < -0.4 is 5.32 Å². The van der Waals surface area contributed by atoms with Crippen molar-refractivity contribution in [3.05, 3.63) is 36.2 Å². The van der Waals surface area contributed by atoms with E-state index in [2.05, 4.69) is 15.4 Å². The highest BCUT2D eigenvalue weighted by atomic mass is 19.4. The monoisotopic (exact) mass is 284 g/mol. The fraction of sp³-hybridized carbons (Fsp3) is 0.385. The molecule has 0 aliphatic carbocycles. The summed E-state index contributed by atoms with van der Waals surface area (Å²) in [7, 11) is 0. The molecule has 0 aromatic carbocycles. The van der Waals surface area contributed by atoms with Crippen LogP contribution in [0.25, 0.3) is 5.82 Å². The van der Waals surface area contributed by atoms with E-state index in [1.165, 1.54) is 6.20 Å². The summed E-state index contributed by atoms with van der Waals surface area (Å²) in [6, 6.07) is 5.99. The minimum absolute atomic E-state index is 0.188. The molecule has 20 heavy (non-hydrogen) atoms. The van der Waals surface area contributed by atoms with Crippen LogP contribution in [0.3, 0.4) is 0 Å². The van der Waals surface area contributed by atoms with Crippen LogP contribution in [-0.2, 0) is 6.18 Å². The Morgan fingerprint density at radius 2 is 1.80 bits per heavy atom. The van der Waals surface area contributed by atoms with Crippen LogP contribution in [0, 0.1) is 0 Å². The first-order valence-corrected chi connectivity index (χ1v) is 6.04. The molecule has 0 fully saturated rings. The van der Waals surface area contributed by atoms with Gasteiger partial charge in [0, 0.05) is 11.7 Å². The number of nitrogens with one attached hydrogen (secondary N) is 1. The Morgan fingerprint density at radius 3 is 2.35 bits per heavy atom. The van der Waals surface area contributed by atoms with Crippen molar-refractivity contribution < 1.29 is 13.2 Å². The third kappa shape index (κ3) is 3.49. The maximum Gasteiger partial charge on any atom is 0.435 e. The van der Waals surface area contributed by atoms with E-state index >= 15 is 0 Å². The molecule has 0 bridgehead atoms. The molecule has 2 rings (SSSR count). The second-order valence-corrected chi connectivity index (χ2v) is 5.40. The molecule has 2 aromatic heterocycles. The SMILES string of the molecule is CC(C)(C)Nc1cccc(-n2ccc(C(F)(F)F)n2)n1. The summed E-state index contributed by atoms with van der Waals surface area (Å²) in [5.74, 6) is 0.911. The molecule has 0 amide bonds. The van der Waals surface area contributed by atoms with E-state index in [1.807, 2.05) is 20.8 Å². The van der Waals surface area contributed by atoms with Crippen molar-refractivity contribution in [3.63, 3.8) is 0 Å². The Morgan fingerprint density at radius 1 is 1.10 bits per heavy atom. The highest BCUT2D eigenvalue weighted by molar-refractivity contribution is 5.41. The zero-order valence-corrected chi connectivity index (χ0v) is 11.4. The van der Waals surface area contributed by atoms with Crippen LogP contribution in [0.4, 0.5) is 19.0 Å². The molecule has 0 atom stereocenters. The van der Waals surface area contributed by atoms with E-state index in [9.17, 15) is 13.2 Å². The van der Waals surface area contributed by atoms with Crippen molar-refractivity contribution in [2.75, 3.05) is 5.32 Å². The Bertz CT molecular complexity index is 596. The Labute approximate surface area is 114 Å². The molecule has 7 heteroatoms. The molecule has 0 aliphatic heterocycles. The first kappa shape index (κ1) is 14.4. The average molecular weight is 284 g/mol. The first-order valence-electron chi connectivity index (χ1n) is 6.04. The van der Waals surface area contributed by atoms with Gasteiger partial charge in [-0.05, 0) is 39.0 Å². The summed E-state index contributed by atoms with van der Waals surface area (Å²) in [5, 5.41) is 6.64. The van der Waals surface area contributed by atoms with Crippen LogP contribution in [0.2, 0.25) is 0 Å². The molecule has 2 heterocycles. The average Bonchev–Trinajstić information content (AvgIpc) is 2.75. The number of hydrogen-bond acceptors (Lipinski definition) is 3. The van der Waals surface area contributed by atoms with Crippen LogP contribution in [0.1, 0.15) is 26.5 Å². The molecule has 0 aliphatic rings. The number of pyridine rings is 1. The minimum Gasteiger partial charge on any atom is -0.365 e. The van der Waals surface area contributed by atoms with E-state index in [1.54, 1.807) is 18.2 Å². The fourth-order valence-electron chi connectivity index (χ4n) is 1.61. The lowest BCUT2D eigenvalue weighted by Crippen LogP contribution is -2.26. The lowest BCUT2D eigenvalue weighted by molar-refractivity contribution is -0.141. The van der Waals surface area contributed by atoms with Gasteiger partial charge in [-0.25, -0.2) is 9.67 Å². The van der Waals surface area contributed by atoms with Gasteiger partial charge in [0.2, 0.25) is 0 Å². The third-order valence-electron chi connectivity index (χ3n) is 2.35. The van der Waals surface area contributed by atoms with Crippen LogP contribution >= 0.6 is 0 Å². The maximum absolute atomic E-state index is 12.5. The normalized spacial score (nSPS) is 12.5. The molecular weight excluding hydrogens is 269 g/mol. The molecule has 0 saturated carbocycles. The van der Waals surface area contributed by atoms with E-state index in [-0.39, 0.29) is 5.54 Å². The lowest BCUT2D eigenvalue weighted by atomic mass is 10.1. The number of rotatable bonds is 2. The van der Waals surface area contributed by atoms with Crippen LogP contribution in [-0.4, -0.2) is 20.3 Å². The predicted molar refractivity (Wildman–Crippen MR) is 69.7 cm³/mol. The van der Waals surface area contributed by atoms with Gasteiger partial charge in [-0.2, -0.15) is 18.3 Å². The van der Waals surface area contributed by atoms with E-state index in [4.69, 9.17) is 0 Å². The molecule has 1 N–H and O–H groups in total. The summed E-state index contributed by atoms with van der Waals surface area (Å²) in [4.78, 5) is 4.25. The molecule has 108 valence electrons. The molecule has 4 nitrogen and oxygen atoms in total. The fourth-order valence-corrected chi connectivity index (χ4v) is 1.61. The highest BCUT2D eigenvalue weighted by Gasteiger charge is 2.33. The Kier molecular flexibility index (Phi) is 3.45. The standard InChI is InChI=1S/C13H15F3N4/c1-12(2,3)18-10-5-4-6-11(17-10)20-8-7-9(19-20)13(14,15)16/h4-8H,1-3H3,(H,17,18). The second-order valence-electron chi connectivity index (χ2n) is 5.40. The van der Waals surface area contributed by atoms with E-state index in [0.717, 1.165) is 10.7 Å². The Hall–Kier alpha value is -2.05. The minimum atomic E-state index is -4.45. The summed E-state index contributed by atoms with van der Waals surface area (Å²) < 4.78 is 38.6. The number of hydrogen-bond donors (Lipinski definition) is 1. The van der Waals surface area contributed by atoms with Crippen molar-refractivity contribution in [1.29, 1.82) is 0 Å². The van der Waals surface area contributed by atoms with Crippen molar-refractivity contribution in [2.45, 2.75) is 32.5 Å². The van der Waals surface area contributed by atoms with E-state index < -0.39 is 11.9 Å².